The highest BCUT2D eigenvalue weighted by Gasteiger charge is 2.25. The Morgan fingerprint density at radius 3 is 2.75 bits per heavy atom. The third kappa shape index (κ3) is 2.25. The Balaban J connectivity index is 2.48. The molecule has 1 amide bonds. The maximum Gasteiger partial charge on any atom is 0.326 e. The van der Waals surface area contributed by atoms with Crippen molar-refractivity contribution in [3.63, 3.8) is 0 Å². The van der Waals surface area contributed by atoms with Gasteiger partial charge in [0.05, 0.1) is 0 Å². The minimum Gasteiger partial charge on any atom is -0.480 e. The standard InChI is InChI=1S/C13H13N3O4/c1-8(13(19)20)15(2)11(17)9-7-14-10-5-3-4-6-16(10)12(9)18/h3-8H,1-2H3,(H,19,20). The predicted molar refractivity (Wildman–Crippen MR) is 70.7 cm³/mol. The zero-order valence-corrected chi connectivity index (χ0v) is 11.0. The van der Waals surface area contributed by atoms with E-state index in [1.54, 1.807) is 18.2 Å². The molecule has 0 radical (unpaired) electrons. The number of rotatable bonds is 3. The smallest absolute Gasteiger partial charge is 0.326 e. The summed E-state index contributed by atoms with van der Waals surface area (Å²) in [7, 11) is 1.33. The summed E-state index contributed by atoms with van der Waals surface area (Å²) >= 11 is 0. The number of carboxylic acid groups (broad SMARTS) is 1. The molecule has 0 bridgehead atoms. The lowest BCUT2D eigenvalue weighted by molar-refractivity contribution is -0.141. The van der Waals surface area contributed by atoms with Gasteiger partial charge in [-0.3, -0.25) is 14.0 Å². The second kappa shape index (κ2) is 5.12. The molecule has 0 saturated carbocycles. The molecule has 1 N–H and O–H groups in total. The Labute approximate surface area is 114 Å². The number of amides is 1. The van der Waals surface area contributed by atoms with E-state index in [9.17, 15) is 14.4 Å². The van der Waals surface area contributed by atoms with Crippen molar-refractivity contribution in [2.75, 3.05) is 7.05 Å². The van der Waals surface area contributed by atoms with Crippen LogP contribution in [0.4, 0.5) is 0 Å². The van der Waals surface area contributed by atoms with Gasteiger partial charge in [0, 0.05) is 19.4 Å². The van der Waals surface area contributed by atoms with Crippen molar-refractivity contribution in [3.05, 3.63) is 46.5 Å². The molecule has 0 saturated heterocycles. The number of hydrogen-bond donors (Lipinski definition) is 1. The molecular weight excluding hydrogens is 262 g/mol. The molecular formula is C13H13N3O4. The summed E-state index contributed by atoms with van der Waals surface area (Å²) in [5.74, 6) is -1.81. The van der Waals surface area contributed by atoms with Gasteiger partial charge in [-0.1, -0.05) is 6.07 Å². The quantitative estimate of drug-likeness (QED) is 0.866. The highest BCUT2D eigenvalue weighted by molar-refractivity contribution is 5.95. The van der Waals surface area contributed by atoms with E-state index in [0.717, 1.165) is 4.90 Å². The summed E-state index contributed by atoms with van der Waals surface area (Å²) in [6, 6.07) is 3.98. The molecule has 7 heteroatoms. The summed E-state index contributed by atoms with van der Waals surface area (Å²) in [6.07, 6.45) is 2.67. The molecule has 2 heterocycles. The highest BCUT2D eigenvalue weighted by Crippen LogP contribution is 2.04. The molecule has 0 aromatic carbocycles. The molecule has 0 fully saturated rings. The van der Waals surface area contributed by atoms with E-state index >= 15 is 0 Å². The number of carbonyl (C=O) groups excluding carboxylic acids is 1. The summed E-state index contributed by atoms with van der Waals surface area (Å²) in [4.78, 5) is 40.3. The molecule has 7 nitrogen and oxygen atoms in total. The third-order valence-electron chi connectivity index (χ3n) is 3.10. The summed E-state index contributed by atoms with van der Waals surface area (Å²) < 4.78 is 1.24. The van der Waals surface area contributed by atoms with Crippen LogP contribution in [0, 0.1) is 0 Å². The zero-order valence-electron chi connectivity index (χ0n) is 11.0. The molecule has 104 valence electrons. The summed E-state index contributed by atoms with van der Waals surface area (Å²) in [5.41, 5.74) is -0.266. The number of carboxylic acids is 1. The van der Waals surface area contributed by atoms with Crippen molar-refractivity contribution in [2.24, 2.45) is 0 Å². The van der Waals surface area contributed by atoms with Crippen LogP contribution < -0.4 is 5.56 Å². The van der Waals surface area contributed by atoms with E-state index in [1.165, 1.54) is 30.8 Å². The van der Waals surface area contributed by atoms with Crippen LogP contribution in [0.5, 0.6) is 0 Å². The molecule has 0 aliphatic heterocycles. The first-order valence-corrected chi connectivity index (χ1v) is 5.90. The molecule has 0 spiro atoms. The first-order chi connectivity index (χ1) is 9.43. The fraction of sp³-hybridized carbons (Fsp3) is 0.231. The number of pyridine rings is 1. The SMILES string of the molecule is CC(C(=O)O)N(C)C(=O)c1cnc2ccccn2c1=O. The van der Waals surface area contributed by atoms with Crippen LogP contribution in [0.3, 0.4) is 0 Å². The van der Waals surface area contributed by atoms with Crippen molar-refractivity contribution in [1.29, 1.82) is 0 Å². The van der Waals surface area contributed by atoms with E-state index < -0.39 is 23.5 Å². The van der Waals surface area contributed by atoms with Gasteiger partial charge in [0.1, 0.15) is 17.3 Å². The van der Waals surface area contributed by atoms with E-state index in [4.69, 9.17) is 5.11 Å². The van der Waals surface area contributed by atoms with Crippen molar-refractivity contribution in [2.45, 2.75) is 13.0 Å². The van der Waals surface area contributed by atoms with E-state index in [1.807, 2.05) is 0 Å². The van der Waals surface area contributed by atoms with E-state index in [-0.39, 0.29) is 5.56 Å². The summed E-state index contributed by atoms with van der Waals surface area (Å²) in [5, 5.41) is 8.90. The maximum absolute atomic E-state index is 12.2. The number of hydrogen-bond acceptors (Lipinski definition) is 4. The van der Waals surface area contributed by atoms with Crippen molar-refractivity contribution >= 4 is 17.5 Å². The number of carbonyl (C=O) groups is 2. The Morgan fingerprint density at radius 2 is 2.10 bits per heavy atom. The molecule has 0 aliphatic rings. The van der Waals surface area contributed by atoms with Crippen LogP contribution in [-0.4, -0.2) is 44.4 Å². The second-order valence-corrected chi connectivity index (χ2v) is 4.34. The van der Waals surface area contributed by atoms with Gasteiger partial charge >= 0.3 is 5.97 Å². The van der Waals surface area contributed by atoms with Gasteiger partial charge in [-0.2, -0.15) is 0 Å². The van der Waals surface area contributed by atoms with Gasteiger partial charge < -0.3 is 10.0 Å². The van der Waals surface area contributed by atoms with Gasteiger partial charge in [0.2, 0.25) is 0 Å². The summed E-state index contributed by atoms with van der Waals surface area (Å²) in [6.45, 7) is 1.37. The fourth-order valence-corrected chi connectivity index (χ4v) is 1.70. The average molecular weight is 275 g/mol. The minimum atomic E-state index is -1.14. The van der Waals surface area contributed by atoms with Crippen LogP contribution in [0.2, 0.25) is 0 Å². The molecule has 0 aliphatic carbocycles. The van der Waals surface area contributed by atoms with Gasteiger partial charge in [-0.25, -0.2) is 9.78 Å². The Hall–Kier alpha value is -2.70. The van der Waals surface area contributed by atoms with Crippen molar-refractivity contribution in [1.82, 2.24) is 14.3 Å². The van der Waals surface area contributed by atoms with Crippen LogP contribution >= 0.6 is 0 Å². The lowest BCUT2D eigenvalue weighted by Crippen LogP contribution is -2.42. The van der Waals surface area contributed by atoms with Crippen LogP contribution in [-0.2, 0) is 4.79 Å². The number of fused-ring (bicyclic) bond motifs is 1. The maximum atomic E-state index is 12.2. The van der Waals surface area contributed by atoms with Gasteiger partial charge in [-0.05, 0) is 19.1 Å². The van der Waals surface area contributed by atoms with E-state index in [0.29, 0.717) is 5.65 Å². The molecule has 2 aromatic heterocycles. The van der Waals surface area contributed by atoms with Crippen molar-refractivity contribution in [3.8, 4) is 0 Å². The number of likely N-dealkylation sites (N-methyl/N-ethyl adjacent to an activating group) is 1. The minimum absolute atomic E-state index is 0.163. The van der Waals surface area contributed by atoms with E-state index in [2.05, 4.69) is 4.98 Å². The average Bonchev–Trinajstić information content (AvgIpc) is 2.45. The fourth-order valence-electron chi connectivity index (χ4n) is 1.70. The first kappa shape index (κ1) is 13.7. The Morgan fingerprint density at radius 1 is 1.40 bits per heavy atom. The molecule has 20 heavy (non-hydrogen) atoms. The molecule has 1 atom stereocenters. The topological polar surface area (TPSA) is 92.0 Å². The second-order valence-electron chi connectivity index (χ2n) is 4.34. The zero-order chi connectivity index (χ0) is 14.9. The van der Waals surface area contributed by atoms with Crippen LogP contribution in [0.25, 0.3) is 5.65 Å². The normalized spacial score (nSPS) is 12.1. The molecule has 2 rings (SSSR count). The van der Waals surface area contributed by atoms with Crippen molar-refractivity contribution < 1.29 is 14.7 Å². The first-order valence-electron chi connectivity index (χ1n) is 5.90. The molecule has 1 unspecified atom stereocenters. The van der Waals surface area contributed by atoms with Crippen LogP contribution in [0.1, 0.15) is 17.3 Å². The Kier molecular flexibility index (Phi) is 3.51. The lowest BCUT2D eigenvalue weighted by Gasteiger charge is -2.21. The third-order valence-corrected chi connectivity index (χ3v) is 3.10. The largest absolute Gasteiger partial charge is 0.480 e. The van der Waals surface area contributed by atoms with Gasteiger partial charge in [0.15, 0.2) is 0 Å². The number of aliphatic carboxylic acids is 1. The lowest BCUT2D eigenvalue weighted by atomic mass is 10.2. The van der Waals surface area contributed by atoms with Gasteiger partial charge in [0.25, 0.3) is 11.5 Å². The Bertz CT molecular complexity index is 738. The van der Waals surface area contributed by atoms with Crippen LogP contribution in [0.15, 0.2) is 35.4 Å². The number of nitrogens with zero attached hydrogens (tertiary/aromatic N) is 3. The number of aromatic nitrogens is 2. The molecule has 2 aromatic rings. The van der Waals surface area contributed by atoms with Gasteiger partial charge in [-0.15, -0.1) is 0 Å². The predicted octanol–water partition coefficient (Wildman–Crippen LogP) is 0.240. The monoisotopic (exact) mass is 275 g/mol. The highest BCUT2D eigenvalue weighted by atomic mass is 16.4.